The summed E-state index contributed by atoms with van der Waals surface area (Å²) in [7, 11) is 1.63. The van der Waals surface area contributed by atoms with E-state index in [1.807, 2.05) is 65.6 Å². The highest BCUT2D eigenvalue weighted by Crippen LogP contribution is 2.31. The highest BCUT2D eigenvalue weighted by molar-refractivity contribution is 6.30. The van der Waals surface area contributed by atoms with E-state index in [0.717, 1.165) is 29.9 Å². The van der Waals surface area contributed by atoms with Crippen molar-refractivity contribution in [1.82, 2.24) is 19.5 Å². The van der Waals surface area contributed by atoms with E-state index >= 15 is 0 Å². The number of carbonyl (C=O) groups is 1. The van der Waals surface area contributed by atoms with Crippen molar-refractivity contribution in [2.24, 2.45) is 0 Å². The van der Waals surface area contributed by atoms with Crippen molar-refractivity contribution in [3.05, 3.63) is 101 Å². The molecule has 1 saturated heterocycles. The number of carbonyl (C=O) groups excluding carboxylic acids is 1. The van der Waals surface area contributed by atoms with Crippen molar-refractivity contribution < 1.29 is 9.53 Å². The molecule has 0 bridgehead atoms. The summed E-state index contributed by atoms with van der Waals surface area (Å²) in [5, 5.41) is 5.45. The molecule has 39 heavy (non-hydrogen) atoms. The first-order valence-electron chi connectivity index (χ1n) is 12.9. The Morgan fingerprint density at radius 3 is 2.33 bits per heavy atom. The van der Waals surface area contributed by atoms with Gasteiger partial charge in [0.2, 0.25) is 0 Å². The van der Waals surface area contributed by atoms with Crippen LogP contribution in [0, 0.1) is 6.92 Å². The second-order valence-electron chi connectivity index (χ2n) is 9.60. The molecule has 0 atom stereocenters. The lowest BCUT2D eigenvalue weighted by atomic mass is 10.1. The van der Waals surface area contributed by atoms with Gasteiger partial charge in [0.05, 0.1) is 18.5 Å². The molecule has 196 valence electrons. The first-order valence-corrected chi connectivity index (χ1v) is 13.3. The Hall–Kier alpha value is -4.36. The van der Waals surface area contributed by atoms with Crippen molar-refractivity contribution in [2.75, 3.05) is 38.2 Å². The van der Waals surface area contributed by atoms with Crippen LogP contribution in [0.15, 0.2) is 84.9 Å². The third-order valence-electron chi connectivity index (χ3n) is 7.19. The maximum Gasteiger partial charge on any atom is 0.272 e. The van der Waals surface area contributed by atoms with Crippen LogP contribution in [-0.2, 0) is 0 Å². The van der Waals surface area contributed by atoms with Gasteiger partial charge in [-0.25, -0.2) is 9.50 Å². The van der Waals surface area contributed by atoms with Gasteiger partial charge in [-0.05, 0) is 48.9 Å². The molecule has 6 rings (SSSR count). The van der Waals surface area contributed by atoms with Crippen LogP contribution in [0.2, 0.25) is 5.02 Å². The number of fused-ring (bicyclic) bond motifs is 1. The molecule has 5 aromatic rings. The quantitative estimate of drug-likeness (QED) is 0.275. The van der Waals surface area contributed by atoms with Gasteiger partial charge in [0.1, 0.15) is 11.4 Å². The van der Waals surface area contributed by atoms with Gasteiger partial charge < -0.3 is 14.5 Å². The van der Waals surface area contributed by atoms with Crippen LogP contribution >= 0.6 is 11.6 Å². The molecule has 3 heterocycles. The van der Waals surface area contributed by atoms with Gasteiger partial charge in [-0.15, -0.1) is 0 Å². The third-order valence-corrected chi connectivity index (χ3v) is 7.44. The number of piperazine rings is 1. The average molecular weight is 538 g/mol. The number of nitrogens with zero attached hydrogens (tertiary/aromatic N) is 5. The average Bonchev–Trinajstić information content (AvgIpc) is 3.41. The summed E-state index contributed by atoms with van der Waals surface area (Å²) < 4.78 is 7.25. The highest BCUT2D eigenvalue weighted by Gasteiger charge is 2.26. The van der Waals surface area contributed by atoms with Crippen LogP contribution < -0.4 is 9.64 Å². The molecular weight excluding hydrogens is 510 g/mol. The molecule has 8 heteroatoms. The van der Waals surface area contributed by atoms with E-state index in [-0.39, 0.29) is 5.91 Å². The zero-order valence-electron chi connectivity index (χ0n) is 21.8. The summed E-state index contributed by atoms with van der Waals surface area (Å²) in [6, 6.07) is 27.3. The second kappa shape index (κ2) is 10.4. The van der Waals surface area contributed by atoms with Gasteiger partial charge in [-0.2, -0.15) is 5.10 Å². The fourth-order valence-corrected chi connectivity index (χ4v) is 5.24. The number of aryl methyl sites for hydroxylation is 1. The number of anilines is 1. The molecule has 2 aromatic heterocycles. The van der Waals surface area contributed by atoms with Gasteiger partial charge in [0.15, 0.2) is 5.65 Å². The molecule has 3 aromatic carbocycles. The smallest absolute Gasteiger partial charge is 0.272 e. The van der Waals surface area contributed by atoms with Gasteiger partial charge in [0.25, 0.3) is 5.91 Å². The molecule has 0 radical (unpaired) electrons. The summed E-state index contributed by atoms with van der Waals surface area (Å²) in [4.78, 5) is 23.1. The predicted molar refractivity (Wildman–Crippen MR) is 155 cm³/mol. The Bertz CT molecular complexity index is 1660. The van der Waals surface area contributed by atoms with Crippen molar-refractivity contribution >= 4 is 28.8 Å². The van der Waals surface area contributed by atoms with E-state index in [2.05, 4.69) is 36.1 Å². The lowest BCUT2D eigenvalue weighted by molar-refractivity contribution is 0.0738. The largest absolute Gasteiger partial charge is 0.496 e. The van der Waals surface area contributed by atoms with Crippen LogP contribution in [-0.4, -0.2) is 58.7 Å². The molecule has 1 fully saturated rings. The van der Waals surface area contributed by atoms with E-state index < -0.39 is 0 Å². The normalized spacial score (nSPS) is 13.6. The monoisotopic (exact) mass is 537 g/mol. The Morgan fingerprint density at radius 1 is 0.872 bits per heavy atom. The van der Waals surface area contributed by atoms with Crippen molar-refractivity contribution in [3.8, 4) is 28.3 Å². The summed E-state index contributed by atoms with van der Waals surface area (Å²) in [5.74, 6) is 0.616. The first-order chi connectivity index (χ1) is 19.0. The number of rotatable bonds is 5. The van der Waals surface area contributed by atoms with E-state index in [1.54, 1.807) is 11.6 Å². The topological polar surface area (TPSA) is 63.0 Å². The van der Waals surface area contributed by atoms with Crippen LogP contribution in [0.25, 0.3) is 28.2 Å². The number of aromatic nitrogens is 3. The maximum absolute atomic E-state index is 14.0. The molecule has 1 amide bonds. The minimum atomic E-state index is -0.0752. The van der Waals surface area contributed by atoms with Crippen molar-refractivity contribution in [1.29, 1.82) is 0 Å². The lowest BCUT2D eigenvalue weighted by Gasteiger charge is -2.36. The minimum Gasteiger partial charge on any atom is -0.496 e. The molecule has 7 nitrogen and oxygen atoms in total. The number of para-hydroxylation sites is 2. The Balaban J connectivity index is 1.39. The maximum atomic E-state index is 14.0. The standard InChI is InChI=1S/C31H28ClN5O2/c1-21-7-3-5-9-27(21)35-15-17-36(18-16-35)31(38)28-19-26(24-8-4-6-10-29(24)39-2)33-30-20-25(34-37(28)30)22-11-13-23(32)14-12-22/h3-14,19-20H,15-18H2,1-2H3. The number of hydrogen-bond donors (Lipinski definition) is 0. The van der Waals surface area contributed by atoms with E-state index in [9.17, 15) is 4.79 Å². The Kier molecular flexibility index (Phi) is 6.67. The van der Waals surface area contributed by atoms with Gasteiger partial charge in [-0.3, -0.25) is 4.79 Å². The summed E-state index contributed by atoms with van der Waals surface area (Å²) >= 11 is 6.10. The summed E-state index contributed by atoms with van der Waals surface area (Å²) in [6.07, 6.45) is 0. The van der Waals surface area contributed by atoms with Gasteiger partial charge in [-0.1, -0.05) is 54.1 Å². The molecule has 1 aliphatic heterocycles. The summed E-state index contributed by atoms with van der Waals surface area (Å²) in [6.45, 7) is 4.88. The van der Waals surface area contributed by atoms with E-state index in [1.165, 1.54) is 11.3 Å². The molecule has 0 saturated carbocycles. The highest BCUT2D eigenvalue weighted by atomic mass is 35.5. The second-order valence-corrected chi connectivity index (χ2v) is 10.0. The number of benzene rings is 3. The zero-order valence-corrected chi connectivity index (χ0v) is 22.6. The van der Waals surface area contributed by atoms with Crippen LogP contribution in [0.4, 0.5) is 5.69 Å². The number of amides is 1. The first kappa shape index (κ1) is 24.9. The third kappa shape index (κ3) is 4.81. The van der Waals surface area contributed by atoms with Gasteiger partial charge >= 0.3 is 0 Å². The minimum absolute atomic E-state index is 0.0752. The lowest BCUT2D eigenvalue weighted by Crippen LogP contribution is -2.49. The number of ether oxygens (including phenoxy) is 1. The molecule has 0 aliphatic carbocycles. The van der Waals surface area contributed by atoms with Crippen molar-refractivity contribution in [2.45, 2.75) is 6.92 Å². The van der Waals surface area contributed by atoms with Crippen molar-refractivity contribution in [3.63, 3.8) is 0 Å². The molecule has 0 spiro atoms. The number of methoxy groups -OCH3 is 1. The molecular formula is C31H28ClN5O2. The fourth-order valence-electron chi connectivity index (χ4n) is 5.11. The Labute approximate surface area is 232 Å². The number of hydrogen-bond acceptors (Lipinski definition) is 5. The van der Waals surface area contributed by atoms with E-state index in [4.69, 9.17) is 26.4 Å². The fraction of sp³-hybridized carbons (Fsp3) is 0.194. The summed E-state index contributed by atoms with van der Waals surface area (Å²) in [5.41, 5.74) is 6.59. The van der Waals surface area contributed by atoms with Gasteiger partial charge in [0, 0.05) is 54.1 Å². The van der Waals surface area contributed by atoms with Crippen LogP contribution in [0.1, 0.15) is 16.1 Å². The van der Waals surface area contributed by atoms with E-state index in [0.29, 0.717) is 40.9 Å². The van der Waals surface area contributed by atoms with Crippen LogP contribution in [0.3, 0.4) is 0 Å². The molecule has 1 aliphatic rings. The SMILES string of the molecule is COc1ccccc1-c1cc(C(=O)N2CCN(c3ccccc3C)CC2)n2nc(-c3ccc(Cl)cc3)cc2n1. The predicted octanol–water partition coefficient (Wildman–Crippen LogP) is 6.00. The van der Waals surface area contributed by atoms with Crippen LogP contribution in [0.5, 0.6) is 5.75 Å². The Morgan fingerprint density at radius 2 is 1.59 bits per heavy atom. The number of halogens is 1. The molecule has 0 unspecified atom stereocenters. The zero-order chi connectivity index (χ0) is 26.9. The molecule has 0 N–H and O–H groups in total.